The van der Waals surface area contributed by atoms with Crippen molar-refractivity contribution >= 4 is 11.7 Å². The highest BCUT2D eigenvalue weighted by Crippen LogP contribution is 2.13. The molecule has 0 atom stereocenters. The second-order valence-corrected chi connectivity index (χ2v) is 5.67. The van der Waals surface area contributed by atoms with Crippen LogP contribution < -0.4 is 10.1 Å². The van der Waals surface area contributed by atoms with Crippen LogP contribution in [0.4, 0.5) is 0 Å². The molecule has 0 aliphatic rings. The highest BCUT2D eigenvalue weighted by atomic mass is 16.5. The molecule has 0 aliphatic heterocycles. The molecule has 1 rings (SSSR count). The molecule has 4 nitrogen and oxygen atoms in total. The van der Waals surface area contributed by atoms with E-state index in [0.29, 0.717) is 24.6 Å². The average molecular weight is 291 g/mol. The number of benzene rings is 1. The topological polar surface area (TPSA) is 55.4 Å². The fourth-order valence-corrected chi connectivity index (χ4v) is 1.77. The molecular formula is C17H25NO3. The molecule has 0 fully saturated rings. The van der Waals surface area contributed by atoms with Gasteiger partial charge < -0.3 is 14.8 Å². The summed E-state index contributed by atoms with van der Waals surface area (Å²) in [7, 11) is 0. The van der Waals surface area contributed by atoms with E-state index < -0.39 is 0 Å². The smallest absolute Gasteiger partial charge is 0.257 e. The Hall–Kier alpha value is -1.84. The maximum atomic E-state index is 11.6. The molecule has 1 aromatic rings. The van der Waals surface area contributed by atoms with Crippen LogP contribution in [0.15, 0.2) is 24.3 Å². The van der Waals surface area contributed by atoms with Gasteiger partial charge in [-0.15, -0.1) is 0 Å². The van der Waals surface area contributed by atoms with Crippen LogP contribution in [0.3, 0.4) is 0 Å². The average Bonchev–Trinajstić information content (AvgIpc) is 2.43. The van der Waals surface area contributed by atoms with Crippen LogP contribution in [0.2, 0.25) is 0 Å². The van der Waals surface area contributed by atoms with Crippen molar-refractivity contribution in [3.05, 3.63) is 29.8 Å². The normalized spacial score (nSPS) is 10.5. The van der Waals surface area contributed by atoms with Crippen LogP contribution >= 0.6 is 0 Å². The van der Waals surface area contributed by atoms with Crippen LogP contribution in [0.5, 0.6) is 5.75 Å². The molecule has 21 heavy (non-hydrogen) atoms. The Morgan fingerprint density at radius 2 is 1.86 bits per heavy atom. The van der Waals surface area contributed by atoms with Crippen LogP contribution in [0.1, 0.15) is 39.2 Å². The van der Waals surface area contributed by atoms with Gasteiger partial charge in [0.05, 0.1) is 0 Å². The molecule has 0 saturated heterocycles. The third-order valence-electron chi connectivity index (χ3n) is 3.10. The van der Waals surface area contributed by atoms with E-state index in [0.717, 1.165) is 18.4 Å². The molecule has 0 saturated carbocycles. The minimum absolute atomic E-state index is 0.0326. The summed E-state index contributed by atoms with van der Waals surface area (Å²) in [4.78, 5) is 22.5. The van der Waals surface area contributed by atoms with Crippen molar-refractivity contribution in [2.75, 3.05) is 13.2 Å². The minimum Gasteiger partial charge on any atom is -0.484 e. The van der Waals surface area contributed by atoms with Gasteiger partial charge in [-0.2, -0.15) is 0 Å². The zero-order valence-corrected chi connectivity index (χ0v) is 13.1. The SMILES string of the molecule is CC(=O)CCc1ccc(OCC(=O)NCCC(C)C)cc1. The maximum absolute atomic E-state index is 11.6. The third-order valence-corrected chi connectivity index (χ3v) is 3.10. The largest absolute Gasteiger partial charge is 0.484 e. The van der Waals surface area contributed by atoms with Gasteiger partial charge in [0.2, 0.25) is 0 Å². The number of rotatable bonds is 9. The molecule has 116 valence electrons. The second kappa shape index (κ2) is 9.16. The predicted octanol–water partition coefficient (Wildman–Crippen LogP) is 2.75. The van der Waals surface area contributed by atoms with Crippen molar-refractivity contribution in [1.29, 1.82) is 0 Å². The van der Waals surface area contributed by atoms with Crippen LogP contribution in [0, 0.1) is 5.92 Å². The van der Waals surface area contributed by atoms with Crippen LogP contribution in [-0.2, 0) is 16.0 Å². The number of aryl methyl sites for hydroxylation is 1. The summed E-state index contributed by atoms with van der Waals surface area (Å²) < 4.78 is 5.43. The number of hydrogen-bond donors (Lipinski definition) is 1. The lowest BCUT2D eigenvalue weighted by molar-refractivity contribution is -0.123. The minimum atomic E-state index is -0.101. The van der Waals surface area contributed by atoms with Gasteiger partial charge in [-0.1, -0.05) is 26.0 Å². The monoisotopic (exact) mass is 291 g/mol. The van der Waals surface area contributed by atoms with Crippen LogP contribution in [-0.4, -0.2) is 24.8 Å². The molecule has 1 N–H and O–H groups in total. The second-order valence-electron chi connectivity index (χ2n) is 5.67. The van der Waals surface area contributed by atoms with Gasteiger partial charge in [0, 0.05) is 13.0 Å². The Morgan fingerprint density at radius 1 is 1.19 bits per heavy atom. The number of ether oxygens (including phenoxy) is 1. The van der Waals surface area contributed by atoms with E-state index in [1.165, 1.54) is 0 Å². The number of nitrogens with one attached hydrogen (secondary N) is 1. The van der Waals surface area contributed by atoms with Crippen molar-refractivity contribution < 1.29 is 14.3 Å². The Morgan fingerprint density at radius 3 is 2.43 bits per heavy atom. The molecule has 0 heterocycles. The van der Waals surface area contributed by atoms with Gasteiger partial charge in [0.25, 0.3) is 5.91 Å². The quantitative estimate of drug-likeness (QED) is 0.761. The summed E-state index contributed by atoms with van der Waals surface area (Å²) in [6.07, 6.45) is 2.26. The third kappa shape index (κ3) is 8.12. The predicted molar refractivity (Wildman–Crippen MR) is 83.4 cm³/mol. The number of carbonyl (C=O) groups is 2. The summed E-state index contributed by atoms with van der Waals surface area (Å²) >= 11 is 0. The zero-order valence-electron chi connectivity index (χ0n) is 13.1. The molecule has 0 bridgehead atoms. The van der Waals surface area contributed by atoms with E-state index in [2.05, 4.69) is 19.2 Å². The summed E-state index contributed by atoms with van der Waals surface area (Å²) in [5, 5.41) is 2.83. The lowest BCUT2D eigenvalue weighted by atomic mass is 10.1. The summed E-state index contributed by atoms with van der Waals surface area (Å²) in [6, 6.07) is 7.51. The van der Waals surface area contributed by atoms with E-state index in [9.17, 15) is 9.59 Å². The fraction of sp³-hybridized carbons (Fsp3) is 0.529. The Kier molecular flexibility index (Phi) is 7.51. The van der Waals surface area contributed by atoms with Crippen molar-refractivity contribution in [2.45, 2.75) is 40.0 Å². The van der Waals surface area contributed by atoms with Crippen molar-refractivity contribution in [2.24, 2.45) is 5.92 Å². The number of hydrogen-bond acceptors (Lipinski definition) is 3. The first-order valence-electron chi connectivity index (χ1n) is 7.45. The van der Waals surface area contributed by atoms with E-state index in [4.69, 9.17) is 4.74 Å². The molecule has 4 heteroatoms. The van der Waals surface area contributed by atoms with Crippen LogP contribution in [0.25, 0.3) is 0 Å². The number of amides is 1. The number of Topliss-reactive ketones (excluding diaryl/α,β-unsaturated/α-hetero) is 1. The van der Waals surface area contributed by atoms with E-state index in [-0.39, 0.29) is 18.3 Å². The summed E-state index contributed by atoms with van der Waals surface area (Å²) in [5.74, 6) is 1.33. The molecule has 1 amide bonds. The van der Waals surface area contributed by atoms with Gasteiger partial charge in [0.1, 0.15) is 11.5 Å². The Bertz CT molecular complexity index is 452. The van der Waals surface area contributed by atoms with E-state index in [1.807, 2.05) is 24.3 Å². The van der Waals surface area contributed by atoms with Gasteiger partial charge >= 0.3 is 0 Å². The zero-order chi connectivity index (χ0) is 15.7. The van der Waals surface area contributed by atoms with Crippen molar-refractivity contribution in [3.8, 4) is 5.75 Å². The number of ketones is 1. The lowest BCUT2D eigenvalue weighted by Gasteiger charge is -2.09. The molecule has 0 radical (unpaired) electrons. The molecular weight excluding hydrogens is 266 g/mol. The first-order valence-corrected chi connectivity index (χ1v) is 7.45. The number of carbonyl (C=O) groups excluding carboxylic acids is 2. The first kappa shape index (κ1) is 17.2. The molecule has 0 aliphatic carbocycles. The summed E-state index contributed by atoms with van der Waals surface area (Å²) in [5.41, 5.74) is 1.10. The molecule has 0 unspecified atom stereocenters. The fourth-order valence-electron chi connectivity index (χ4n) is 1.77. The van der Waals surface area contributed by atoms with E-state index in [1.54, 1.807) is 6.92 Å². The Balaban J connectivity index is 2.28. The highest BCUT2D eigenvalue weighted by Gasteiger charge is 2.03. The van der Waals surface area contributed by atoms with Crippen molar-refractivity contribution in [1.82, 2.24) is 5.32 Å². The van der Waals surface area contributed by atoms with Crippen molar-refractivity contribution in [3.63, 3.8) is 0 Å². The van der Waals surface area contributed by atoms with Gasteiger partial charge in [-0.25, -0.2) is 0 Å². The lowest BCUT2D eigenvalue weighted by Crippen LogP contribution is -2.30. The van der Waals surface area contributed by atoms with Gasteiger partial charge in [-0.3, -0.25) is 4.79 Å². The maximum Gasteiger partial charge on any atom is 0.257 e. The van der Waals surface area contributed by atoms with E-state index >= 15 is 0 Å². The molecule has 1 aromatic carbocycles. The Labute approximate surface area is 126 Å². The molecule has 0 aromatic heterocycles. The standard InChI is InChI=1S/C17H25NO3/c1-13(2)10-11-18-17(20)12-21-16-8-6-15(7-9-16)5-4-14(3)19/h6-9,13H,4-5,10-12H2,1-3H3,(H,18,20). The van der Waals surface area contributed by atoms with Gasteiger partial charge in [0.15, 0.2) is 6.61 Å². The highest BCUT2D eigenvalue weighted by molar-refractivity contribution is 5.77. The molecule has 0 spiro atoms. The first-order chi connectivity index (χ1) is 9.97. The summed E-state index contributed by atoms with van der Waals surface area (Å²) in [6.45, 7) is 6.55. The van der Waals surface area contributed by atoms with Gasteiger partial charge in [-0.05, 0) is 43.4 Å².